The molecule has 0 fully saturated rings. The molecule has 2 nitrogen and oxygen atoms in total. The van der Waals surface area contributed by atoms with E-state index in [0.29, 0.717) is 27.2 Å². The summed E-state index contributed by atoms with van der Waals surface area (Å²) in [6.45, 7) is 0. The van der Waals surface area contributed by atoms with E-state index in [4.69, 9.17) is 34.8 Å². The number of carbonyl (C=O) groups is 1. The topological polar surface area (TPSA) is 29.1 Å². The molecule has 0 aliphatic heterocycles. The Morgan fingerprint density at radius 2 is 1.62 bits per heavy atom. The molecule has 2 aromatic carbocycles. The van der Waals surface area contributed by atoms with Gasteiger partial charge in [-0.25, -0.2) is 0 Å². The Hall–Kier alpha value is -1.22. The van der Waals surface area contributed by atoms with Gasteiger partial charge in [0.2, 0.25) is 5.91 Å². The van der Waals surface area contributed by atoms with Crippen molar-refractivity contribution in [1.82, 2.24) is 0 Å². The van der Waals surface area contributed by atoms with E-state index < -0.39 is 0 Å². The summed E-state index contributed by atoms with van der Waals surface area (Å²) in [5, 5.41) is 3.85. The summed E-state index contributed by atoms with van der Waals surface area (Å²) < 4.78 is 0. The quantitative estimate of drug-likeness (QED) is 0.703. The Morgan fingerprint density at radius 1 is 0.952 bits per heavy atom. The molecule has 0 unspecified atom stereocenters. The molecule has 0 heterocycles. The van der Waals surface area contributed by atoms with Gasteiger partial charge in [-0.15, -0.1) is 0 Å². The zero-order chi connectivity index (χ0) is 15.2. The summed E-state index contributed by atoms with van der Waals surface area (Å²) in [6.07, 6.45) is 2.06. The lowest BCUT2D eigenvalue weighted by Gasteiger charge is -2.08. The van der Waals surface area contributed by atoms with E-state index in [1.165, 1.54) is 11.6 Å². The van der Waals surface area contributed by atoms with Crippen molar-refractivity contribution in [3.63, 3.8) is 0 Å². The van der Waals surface area contributed by atoms with E-state index in [1.807, 2.05) is 30.3 Å². The van der Waals surface area contributed by atoms with Crippen LogP contribution in [0.25, 0.3) is 0 Å². The van der Waals surface area contributed by atoms with Crippen molar-refractivity contribution < 1.29 is 4.79 Å². The van der Waals surface area contributed by atoms with Gasteiger partial charge in [0, 0.05) is 6.42 Å². The van der Waals surface area contributed by atoms with Crippen LogP contribution in [0.2, 0.25) is 15.1 Å². The maximum absolute atomic E-state index is 11.9. The highest BCUT2D eigenvalue weighted by atomic mass is 35.5. The maximum Gasteiger partial charge on any atom is 0.224 e. The minimum Gasteiger partial charge on any atom is -0.325 e. The molecule has 0 saturated heterocycles. The molecule has 5 heteroatoms. The van der Waals surface area contributed by atoms with Crippen LogP contribution in [-0.2, 0) is 11.2 Å². The number of nitrogens with one attached hydrogen (secondary N) is 1. The standard InChI is InChI=1S/C16H14Cl3NO/c17-12-9-14(19)15(10-13(12)18)20-16(21)8-4-7-11-5-2-1-3-6-11/h1-3,5-6,9-10H,4,7-8H2,(H,20,21). The normalized spacial score (nSPS) is 10.4. The lowest BCUT2D eigenvalue weighted by atomic mass is 10.1. The van der Waals surface area contributed by atoms with Gasteiger partial charge >= 0.3 is 0 Å². The summed E-state index contributed by atoms with van der Waals surface area (Å²) in [4.78, 5) is 11.9. The number of hydrogen-bond acceptors (Lipinski definition) is 1. The smallest absolute Gasteiger partial charge is 0.224 e. The van der Waals surface area contributed by atoms with Crippen LogP contribution in [0.1, 0.15) is 18.4 Å². The second-order valence-corrected chi connectivity index (χ2v) is 5.86. The molecule has 0 saturated carbocycles. The third kappa shape index (κ3) is 4.92. The molecule has 0 aliphatic rings. The van der Waals surface area contributed by atoms with Crippen molar-refractivity contribution in [3.8, 4) is 0 Å². The highest BCUT2D eigenvalue weighted by molar-refractivity contribution is 6.44. The average Bonchev–Trinajstić information content (AvgIpc) is 2.46. The summed E-state index contributed by atoms with van der Waals surface area (Å²) in [5.74, 6) is -0.0915. The lowest BCUT2D eigenvalue weighted by Crippen LogP contribution is -2.11. The van der Waals surface area contributed by atoms with E-state index >= 15 is 0 Å². The Bertz CT molecular complexity index is 629. The van der Waals surface area contributed by atoms with Crippen LogP contribution in [0.3, 0.4) is 0 Å². The molecular formula is C16H14Cl3NO. The van der Waals surface area contributed by atoms with Crippen molar-refractivity contribution in [2.45, 2.75) is 19.3 Å². The van der Waals surface area contributed by atoms with E-state index in [9.17, 15) is 4.79 Å². The van der Waals surface area contributed by atoms with E-state index in [1.54, 1.807) is 6.07 Å². The Kier molecular flexibility index (Phi) is 5.92. The highest BCUT2D eigenvalue weighted by Gasteiger charge is 2.09. The van der Waals surface area contributed by atoms with Crippen molar-refractivity contribution in [2.75, 3.05) is 5.32 Å². The molecule has 2 rings (SSSR count). The number of benzene rings is 2. The van der Waals surface area contributed by atoms with Crippen LogP contribution in [0.5, 0.6) is 0 Å². The number of hydrogen-bond donors (Lipinski definition) is 1. The first-order valence-corrected chi connectivity index (χ1v) is 7.68. The summed E-state index contributed by atoms with van der Waals surface area (Å²) >= 11 is 17.8. The molecule has 1 N–H and O–H groups in total. The summed E-state index contributed by atoms with van der Waals surface area (Å²) in [7, 11) is 0. The lowest BCUT2D eigenvalue weighted by molar-refractivity contribution is -0.116. The van der Waals surface area contributed by atoms with Crippen LogP contribution in [0, 0.1) is 0 Å². The monoisotopic (exact) mass is 341 g/mol. The van der Waals surface area contributed by atoms with Gasteiger partial charge in [0.25, 0.3) is 0 Å². The van der Waals surface area contributed by atoms with Gasteiger partial charge in [0.15, 0.2) is 0 Å². The van der Waals surface area contributed by atoms with E-state index in [2.05, 4.69) is 5.32 Å². The zero-order valence-electron chi connectivity index (χ0n) is 11.2. The molecule has 0 radical (unpaired) electrons. The molecular weight excluding hydrogens is 329 g/mol. The SMILES string of the molecule is O=C(CCCc1ccccc1)Nc1cc(Cl)c(Cl)cc1Cl. The number of amides is 1. The number of rotatable bonds is 5. The fourth-order valence-corrected chi connectivity index (χ4v) is 2.52. The second-order valence-electron chi connectivity index (χ2n) is 4.63. The van der Waals surface area contributed by atoms with E-state index in [0.717, 1.165) is 12.8 Å². The van der Waals surface area contributed by atoms with Gasteiger partial charge in [-0.3, -0.25) is 4.79 Å². The summed E-state index contributed by atoms with van der Waals surface area (Å²) in [5.41, 5.74) is 1.70. The van der Waals surface area contributed by atoms with Crippen molar-refractivity contribution >= 4 is 46.4 Å². The molecule has 0 spiro atoms. The third-order valence-corrected chi connectivity index (χ3v) is 4.03. The Morgan fingerprint density at radius 3 is 2.33 bits per heavy atom. The van der Waals surface area contributed by atoms with Crippen molar-refractivity contribution in [3.05, 3.63) is 63.1 Å². The van der Waals surface area contributed by atoms with Crippen LogP contribution in [0.4, 0.5) is 5.69 Å². The molecule has 0 aliphatic carbocycles. The molecule has 110 valence electrons. The van der Waals surface area contributed by atoms with Gasteiger partial charge in [-0.05, 0) is 30.5 Å². The molecule has 21 heavy (non-hydrogen) atoms. The predicted molar refractivity (Wildman–Crippen MR) is 89.5 cm³/mol. The van der Waals surface area contributed by atoms with Crippen LogP contribution in [0.15, 0.2) is 42.5 Å². The van der Waals surface area contributed by atoms with Crippen LogP contribution in [-0.4, -0.2) is 5.91 Å². The predicted octanol–water partition coefficient (Wildman–Crippen LogP) is 5.61. The molecule has 0 bridgehead atoms. The van der Waals surface area contributed by atoms with Crippen LogP contribution < -0.4 is 5.32 Å². The second kappa shape index (κ2) is 7.69. The third-order valence-electron chi connectivity index (χ3n) is 3.00. The van der Waals surface area contributed by atoms with Gasteiger partial charge in [0.1, 0.15) is 0 Å². The minimum absolute atomic E-state index is 0.0915. The Balaban J connectivity index is 1.86. The van der Waals surface area contributed by atoms with Gasteiger partial charge < -0.3 is 5.32 Å². The van der Waals surface area contributed by atoms with Crippen LogP contribution >= 0.6 is 34.8 Å². The van der Waals surface area contributed by atoms with Crippen molar-refractivity contribution in [1.29, 1.82) is 0 Å². The minimum atomic E-state index is -0.0915. The average molecular weight is 343 g/mol. The molecule has 1 amide bonds. The maximum atomic E-state index is 11.9. The fraction of sp³-hybridized carbons (Fsp3) is 0.188. The molecule has 0 atom stereocenters. The first-order chi connectivity index (χ1) is 10.1. The zero-order valence-corrected chi connectivity index (χ0v) is 13.5. The van der Waals surface area contributed by atoms with E-state index in [-0.39, 0.29) is 5.91 Å². The van der Waals surface area contributed by atoms with Gasteiger partial charge in [-0.1, -0.05) is 65.1 Å². The first kappa shape index (κ1) is 16.2. The fourth-order valence-electron chi connectivity index (χ4n) is 1.93. The number of aryl methyl sites for hydroxylation is 1. The highest BCUT2D eigenvalue weighted by Crippen LogP contribution is 2.32. The summed E-state index contributed by atoms with van der Waals surface area (Å²) in [6, 6.07) is 13.1. The van der Waals surface area contributed by atoms with Gasteiger partial charge in [0.05, 0.1) is 20.8 Å². The number of halogens is 3. The van der Waals surface area contributed by atoms with Gasteiger partial charge in [-0.2, -0.15) is 0 Å². The largest absolute Gasteiger partial charge is 0.325 e. The molecule has 0 aromatic heterocycles. The molecule has 2 aromatic rings. The Labute approximate surface area is 139 Å². The van der Waals surface area contributed by atoms with Crippen molar-refractivity contribution in [2.24, 2.45) is 0 Å². The number of anilines is 1. The number of carbonyl (C=O) groups excluding carboxylic acids is 1. The first-order valence-electron chi connectivity index (χ1n) is 6.54.